The van der Waals surface area contributed by atoms with E-state index in [1.807, 2.05) is 0 Å². The first-order chi connectivity index (χ1) is 6.15. The van der Waals surface area contributed by atoms with Gasteiger partial charge in [0.05, 0.1) is 0 Å². The van der Waals surface area contributed by atoms with Gasteiger partial charge in [-0.15, -0.1) is 0 Å². The van der Waals surface area contributed by atoms with Crippen molar-refractivity contribution in [2.75, 3.05) is 7.05 Å². The van der Waals surface area contributed by atoms with Crippen LogP contribution in [0.25, 0.3) is 0 Å². The number of aliphatic imine (C=N–C) groups is 1. The molecule has 0 aromatic rings. The fourth-order valence-corrected chi connectivity index (χ4v) is 1.05. The second-order valence-electron chi connectivity index (χ2n) is 2.77. The van der Waals surface area contributed by atoms with E-state index >= 15 is 0 Å². The van der Waals surface area contributed by atoms with Gasteiger partial charge in [-0.3, -0.25) is 4.99 Å². The fraction of sp³-hybridized carbons (Fsp3) is 0.300. The van der Waals surface area contributed by atoms with E-state index < -0.39 is 5.83 Å². The molecule has 0 atom stereocenters. The van der Waals surface area contributed by atoms with Gasteiger partial charge in [-0.05, 0) is 19.1 Å². The number of rotatable bonds is 1. The molecule has 0 heterocycles. The molecular weight excluding hydrogens is 172 g/mol. The summed E-state index contributed by atoms with van der Waals surface area (Å²) in [5.74, 6) is -0.780. The van der Waals surface area contributed by atoms with Gasteiger partial charge in [0.2, 0.25) is 0 Å². The molecule has 0 aliphatic heterocycles. The summed E-state index contributed by atoms with van der Waals surface area (Å²) in [6, 6.07) is 0. The van der Waals surface area contributed by atoms with Crippen LogP contribution >= 0.6 is 0 Å². The third-order valence-electron chi connectivity index (χ3n) is 1.86. The Kier molecular flexibility index (Phi) is 3.12. The van der Waals surface area contributed by atoms with Crippen LogP contribution in [0, 0.1) is 0 Å². The number of hydrogen-bond donors (Lipinski definition) is 0. The highest BCUT2D eigenvalue weighted by Gasteiger charge is 2.09. The summed E-state index contributed by atoms with van der Waals surface area (Å²) in [7, 11) is 1.55. The van der Waals surface area contributed by atoms with Gasteiger partial charge in [-0.1, -0.05) is 6.08 Å². The summed E-state index contributed by atoms with van der Waals surface area (Å²) < 4.78 is 26.1. The normalized spacial score (nSPS) is 18.8. The summed E-state index contributed by atoms with van der Waals surface area (Å²) >= 11 is 0. The lowest BCUT2D eigenvalue weighted by Gasteiger charge is -2.00. The lowest BCUT2D eigenvalue weighted by molar-refractivity contribution is 0.618. The Morgan fingerprint density at radius 1 is 1.46 bits per heavy atom. The number of nitrogens with zero attached hydrogens (tertiary/aromatic N) is 1. The van der Waals surface area contributed by atoms with E-state index in [1.165, 1.54) is 18.2 Å². The van der Waals surface area contributed by atoms with Crippen molar-refractivity contribution in [1.29, 1.82) is 0 Å². The molecule has 0 aromatic heterocycles. The minimum atomic E-state index is -0.434. The third kappa shape index (κ3) is 2.34. The second-order valence-corrected chi connectivity index (χ2v) is 2.77. The largest absolute Gasteiger partial charge is 0.293 e. The minimum absolute atomic E-state index is 0.147. The molecule has 0 saturated heterocycles. The van der Waals surface area contributed by atoms with Gasteiger partial charge in [0.1, 0.15) is 11.7 Å². The van der Waals surface area contributed by atoms with Crippen molar-refractivity contribution in [2.45, 2.75) is 13.3 Å². The summed E-state index contributed by atoms with van der Waals surface area (Å²) in [4.78, 5) is 3.81. The van der Waals surface area contributed by atoms with Crippen molar-refractivity contribution in [3.63, 3.8) is 0 Å². The predicted octanol–water partition coefficient (Wildman–Crippen LogP) is 3.11. The topological polar surface area (TPSA) is 12.4 Å². The van der Waals surface area contributed by atoms with Gasteiger partial charge < -0.3 is 0 Å². The van der Waals surface area contributed by atoms with Crippen molar-refractivity contribution in [3.8, 4) is 0 Å². The summed E-state index contributed by atoms with van der Waals surface area (Å²) in [5.41, 5.74) is 0.730. The molecule has 0 fully saturated rings. The van der Waals surface area contributed by atoms with Gasteiger partial charge in [-0.2, -0.15) is 0 Å². The molecule has 0 unspecified atom stereocenters. The maximum atomic E-state index is 13.2. The first-order valence-corrected chi connectivity index (χ1v) is 4.01. The van der Waals surface area contributed by atoms with Gasteiger partial charge in [-0.25, -0.2) is 8.78 Å². The van der Waals surface area contributed by atoms with E-state index in [1.54, 1.807) is 14.0 Å². The average Bonchev–Trinajstić information content (AvgIpc) is 2.27. The van der Waals surface area contributed by atoms with Crippen LogP contribution in [0.4, 0.5) is 8.78 Å². The van der Waals surface area contributed by atoms with Crippen molar-refractivity contribution < 1.29 is 8.78 Å². The Hall–Kier alpha value is -1.25. The quantitative estimate of drug-likeness (QED) is 0.554. The van der Waals surface area contributed by atoms with E-state index in [0.29, 0.717) is 5.71 Å². The Bertz CT molecular complexity index is 322. The summed E-state index contributed by atoms with van der Waals surface area (Å²) in [5, 5.41) is 0. The van der Waals surface area contributed by atoms with E-state index in [2.05, 4.69) is 4.99 Å². The van der Waals surface area contributed by atoms with Crippen LogP contribution in [0.15, 0.2) is 40.4 Å². The van der Waals surface area contributed by atoms with Crippen LogP contribution in [0.3, 0.4) is 0 Å². The van der Waals surface area contributed by atoms with Crippen LogP contribution in [0.5, 0.6) is 0 Å². The standard InChI is InChI=1S/C10H11F2N/c1-7(13-2)9-6-8(11)4-3-5-10(9)12/h3,5-6H,4H2,1-2H3. The van der Waals surface area contributed by atoms with Crippen LogP contribution in [-0.4, -0.2) is 12.8 Å². The molecule has 1 rings (SSSR count). The zero-order chi connectivity index (χ0) is 9.84. The molecule has 0 amide bonds. The van der Waals surface area contributed by atoms with Crippen molar-refractivity contribution in [1.82, 2.24) is 0 Å². The fourth-order valence-electron chi connectivity index (χ4n) is 1.05. The minimum Gasteiger partial charge on any atom is -0.293 e. The molecule has 0 saturated carbocycles. The Labute approximate surface area is 76.2 Å². The highest BCUT2D eigenvalue weighted by Crippen LogP contribution is 2.20. The Morgan fingerprint density at radius 3 is 2.77 bits per heavy atom. The Balaban J connectivity index is 3.16. The second kappa shape index (κ2) is 4.12. The predicted molar refractivity (Wildman–Crippen MR) is 50.1 cm³/mol. The first kappa shape index (κ1) is 9.84. The van der Waals surface area contributed by atoms with Gasteiger partial charge in [0, 0.05) is 24.8 Å². The van der Waals surface area contributed by atoms with Gasteiger partial charge in [0.15, 0.2) is 0 Å². The van der Waals surface area contributed by atoms with Crippen molar-refractivity contribution in [2.24, 2.45) is 4.99 Å². The molecule has 1 aliphatic rings. The first-order valence-electron chi connectivity index (χ1n) is 4.01. The van der Waals surface area contributed by atoms with E-state index in [4.69, 9.17) is 0 Å². The maximum Gasteiger partial charge on any atom is 0.132 e. The third-order valence-corrected chi connectivity index (χ3v) is 1.86. The van der Waals surface area contributed by atoms with Gasteiger partial charge in [0.25, 0.3) is 0 Å². The van der Waals surface area contributed by atoms with Crippen LogP contribution in [-0.2, 0) is 0 Å². The van der Waals surface area contributed by atoms with E-state index in [9.17, 15) is 8.78 Å². The molecule has 1 nitrogen and oxygen atoms in total. The number of allylic oxidation sites excluding steroid dienone is 6. The lowest BCUT2D eigenvalue weighted by Crippen LogP contribution is -1.96. The van der Waals surface area contributed by atoms with Crippen LogP contribution in [0.1, 0.15) is 13.3 Å². The highest BCUT2D eigenvalue weighted by atomic mass is 19.1. The zero-order valence-electron chi connectivity index (χ0n) is 7.64. The monoisotopic (exact) mass is 183 g/mol. The smallest absolute Gasteiger partial charge is 0.132 e. The van der Waals surface area contributed by atoms with E-state index in [0.717, 1.165) is 0 Å². The van der Waals surface area contributed by atoms with Crippen LogP contribution in [0.2, 0.25) is 0 Å². The lowest BCUT2D eigenvalue weighted by atomic mass is 10.1. The highest BCUT2D eigenvalue weighted by molar-refractivity contribution is 6.01. The molecular formula is C10H11F2N. The molecule has 13 heavy (non-hydrogen) atoms. The van der Waals surface area contributed by atoms with Crippen LogP contribution < -0.4 is 0 Å². The molecule has 0 aromatic carbocycles. The zero-order valence-corrected chi connectivity index (χ0v) is 7.64. The van der Waals surface area contributed by atoms with Crippen molar-refractivity contribution >= 4 is 5.71 Å². The molecule has 0 bridgehead atoms. The maximum absolute atomic E-state index is 13.2. The van der Waals surface area contributed by atoms with Gasteiger partial charge >= 0.3 is 0 Å². The SMILES string of the molecule is CN=C(C)C1=C(F)C=CCC(F)=C1. The van der Waals surface area contributed by atoms with E-state index in [-0.39, 0.29) is 17.8 Å². The molecule has 1 aliphatic carbocycles. The molecule has 0 radical (unpaired) electrons. The number of hydrogen-bond acceptors (Lipinski definition) is 1. The molecule has 3 heteroatoms. The average molecular weight is 183 g/mol. The molecule has 0 spiro atoms. The Morgan fingerprint density at radius 2 is 2.15 bits per heavy atom. The summed E-state index contributed by atoms with van der Waals surface area (Å²) in [6.45, 7) is 1.65. The molecule has 0 N–H and O–H groups in total. The number of halogens is 2. The summed E-state index contributed by atoms with van der Waals surface area (Å²) in [6.07, 6.45) is 4.07. The molecule has 70 valence electrons. The van der Waals surface area contributed by atoms with Crippen molar-refractivity contribution in [3.05, 3.63) is 35.5 Å².